The van der Waals surface area contributed by atoms with E-state index in [2.05, 4.69) is 20.1 Å². The fourth-order valence-corrected chi connectivity index (χ4v) is 2.60. The van der Waals surface area contributed by atoms with Crippen molar-refractivity contribution in [3.8, 4) is 11.5 Å². The van der Waals surface area contributed by atoms with Crippen molar-refractivity contribution in [3.05, 3.63) is 70.3 Å². The summed E-state index contributed by atoms with van der Waals surface area (Å²) in [6.45, 7) is 0.432. The van der Waals surface area contributed by atoms with Crippen molar-refractivity contribution in [2.45, 2.75) is 6.54 Å². The normalized spacial score (nSPS) is 10.5. The summed E-state index contributed by atoms with van der Waals surface area (Å²) in [4.78, 5) is 40.2. The molecule has 0 spiro atoms. The summed E-state index contributed by atoms with van der Waals surface area (Å²) in [5.74, 6) is -0.328. The lowest BCUT2D eigenvalue weighted by molar-refractivity contribution is 0.0600. The maximum absolute atomic E-state index is 12.3. The van der Waals surface area contributed by atoms with Crippen molar-refractivity contribution in [2.75, 3.05) is 13.7 Å². The fourth-order valence-electron chi connectivity index (χ4n) is 2.60. The zero-order chi connectivity index (χ0) is 20.1. The fraction of sp³-hybridized carbons (Fsp3) is 0.211. The summed E-state index contributed by atoms with van der Waals surface area (Å²) in [7, 11) is 2.92. The number of carbonyl (C=O) groups excluding carboxylic acids is 2. The number of amides is 1. The Morgan fingerprint density at radius 1 is 1.11 bits per heavy atom. The number of aromatic nitrogens is 4. The Balaban J connectivity index is 1.63. The minimum atomic E-state index is -0.467. The topological polar surface area (TPSA) is 108 Å². The molecule has 1 N–H and O–H groups in total. The van der Waals surface area contributed by atoms with Crippen LogP contribution in [0.5, 0.6) is 0 Å². The second-order valence-electron chi connectivity index (χ2n) is 5.93. The van der Waals surface area contributed by atoms with Crippen LogP contribution in [0.4, 0.5) is 0 Å². The van der Waals surface area contributed by atoms with Gasteiger partial charge in [-0.05, 0) is 36.4 Å². The number of ether oxygens (including phenoxy) is 1. The van der Waals surface area contributed by atoms with E-state index in [1.807, 2.05) is 6.07 Å². The molecule has 0 radical (unpaired) electrons. The van der Waals surface area contributed by atoms with Crippen molar-refractivity contribution in [1.82, 2.24) is 24.6 Å². The van der Waals surface area contributed by atoms with Crippen LogP contribution in [-0.4, -0.2) is 44.9 Å². The Morgan fingerprint density at radius 2 is 1.82 bits per heavy atom. The van der Waals surface area contributed by atoms with Gasteiger partial charge >= 0.3 is 11.7 Å². The first-order valence-corrected chi connectivity index (χ1v) is 8.53. The first-order valence-electron chi connectivity index (χ1n) is 8.53. The number of rotatable bonds is 6. The number of carbonyl (C=O) groups is 2. The van der Waals surface area contributed by atoms with Crippen LogP contribution in [-0.2, 0) is 18.3 Å². The molecule has 1 aromatic carbocycles. The molecular formula is C19H19N5O4. The minimum absolute atomic E-state index is 0.214. The Morgan fingerprint density at radius 3 is 2.46 bits per heavy atom. The van der Waals surface area contributed by atoms with Gasteiger partial charge in [-0.1, -0.05) is 6.07 Å². The number of esters is 1. The molecule has 9 heteroatoms. The number of hydrogen-bond acceptors (Lipinski definition) is 6. The van der Waals surface area contributed by atoms with Crippen molar-refractivity contribution in [2.24, 2.45) is 7.05 Å². The Hall–Kier alpha value is -3.75. The summed E-state index contributed by atoms with van der Waals surface area (Å²) in [6.07, 6.45) is 1.63. The number of pyridine rings is 1. The Labute approximate surface area is 160 Å². The second-order valence-corrected chi connectivity index (χ2v) is 5.93. The van der Waals surface area contributed by atoms with Crippen LogP contribution >= 0.6 is 0 Å². The van der Waals surface area contributed by atoms with E-state index in [9.17, 15) is 14.4 Å². The predicted octanol–water partition coefficient (Wildman–Crippen LogP) is 0.860. The maximum Gasteiger partial charge on any atom is 0.346 e. The van der Waals surface area contributed by atoms with Gasteiger partial charge in [0.2, 0.25) is 0 Å². The lowest BCUT2D eigenvalue weighted by Crippen LogP contribution is -2.31. The van der Waals surface area contributed by atoms with Crippen molar-refractivity contribution >= 4 is 11.9 Å². The monoisotopic (exact) mass is 381 g/mol. The smallest absolute Gasteiger partial charge is 0.346 e. The first-order chi connectivity index (χ1) is 13.5. The third-order valence-corrected chi connectivity index (χ3v) is 4.11. The van der Waals surface area contributed by atoms with E-state index in [1.54, 1.807) is 25.4 Å². The van der Waals surface area contributed by atoms with E-state index in [4.69, 9.17) is 0 Å². The predicted molar refractivity (Wildman–Crippen MR) is 101 cm³/mol. The van der Waals surface area contributed by atoms with E-state index in [0.717, 1.165) is 0 Å². The molecule has 0 bridgehead atoms. The number of hydrogen-bond donors (Lipinski definition) is 1. The highest BCUT2D eigenvalue weighted by Gasteiger charge is 2.13. The first kappa shape index (κ1) is 19.0. The summed E-state index contributed by atoms with van der Waals surface area (Å²) in [5, 5.41) is 7.02. The molecular weight excluding hydrogens is 362 g/mol. The maximum atomic E-state index is 12.3. The highest BCUT2D eigenvalue weighted by Crippen LogP contribution is 2.10. The van der Waals surface area contributed by atoms with Crippen LogP contribution < -0.4 is 11.0 Å². The molecule has 0 aliphatic carbocycles. The summed E-state index contributed by atoms with van der Waals surface area (Å²) in [5.41, 5.74) is 1.06. The van der Waals surface area contributed by atoms with Gasteiger partial charge in [0, 0.05) is 25.4 Å². The molecule has 144 valence electrons. The minimum Gasteiger partial charge on any atom is -0.465 e. The van der Waals surface area contributed by atoms with Crippen LogP contribution in [0.3, 0.4) is 0 Å². The van der Waals surface area contributed by atoms with Crippen LogP contribution in [0.2, 0.25) is 0 Å². The van der Waals surface area contributed by atoms with Crippen LogP contribution in [0.1, 0.15) is 20.7 Å². The molecule has 0 aliphatic heterocycles. The summed E-state index contributed by atoms with van der Waals surface area (Å²) in [6, 6.07) is 11.5. The van der Waals surface area contributed by atoms with Crippen molar-refractivity contribution in [3.63, 3.8) is 0 Å². The van der Waals surface area contributed by atoms with E-state index < -0.39 is 5.97 Å². The highest BCUT2D eigenvalue weighted by atomic mass is 16.5. The largest absolute Gasteiger partial charge is 0.465 e. The SMILES string of the molecule is COC(=O)c1ccc(C(=O)NCCn2nc(-c3ccccn3)n(C)c2=O)cc1. The van der Waals surface area contributed by atoms with E-state index in [0.29, 0.717) is 22.6 Å². The number of methoxy groups -OCH3 is 1. The molecule has 0 atom stereocenters. The average molecular weight is 381 g/mol. The molecule has 0 aliphatic rings. The van der Waals surface area contributed by atoms with Crippen molar-refractivity contribution in [1.29, 1.82) is 0 Å². The number of nitrogens with zero attached hydrogens (tertiary/aromatic N) is 4. The molecule has 2 heterocycles. The molecule has 9 nitrogen and oxygen atoms in total. The molecule has 28 heavy (non-hydrogen) atoms. The van der Waals surface area contributed by atoms with Gasteiger partial charge in [0.15, 0.2) is 5.82 Å². The third kappa shape index (κ3) is 3.98. The van der Waals surface area contributed by atoms with Crippen LogP contribution in [0.15, 0.2) is 53.5 Å². The van der Waals surface area contributed by atoms with Gasteiger partial charge in [0.1, 0.15) is 5.69 Å². The van der Waals surface area contributed by atoms with Crippen LogP contribution in [0.25, 0.3) is 11.5 Å². The molecule has 0 saturated carbocycles. The zero-order valence-corrected chi connectivity index (χ0v) is 15.5. The lowest BCUT2D eigenvalue weighted by Gasteiger charge is -2.05. The molecule has 2 aromatic heterocycles. The van der Waals surface area contributed by atoms with Gasteiger partial charge in [-0.2, -0.15) is 0 Å². The van der Waals surface area contributed by atoms with Gasteiger partial charge in [0.05, 0.1) is 19.2 Å². The summed E-state index contributed by atoms with van der Waals surface area (Å²) >= 11 is 0. The highest BCUT2D eigenvalue weighted by molar-refractivity contribution is 5.96. The molecule has 3 aromatic rings. The molecule has 1 amide bonds. The van der Waals surface area contributed by atoms with Crippen LogP contribution in [0, 0.1) is 0 Å². The molecule has 0 fully saturated rings. The standard InChI is InChI=1S/C19H19N5O4/c1-23-16(15-5-3-4-10-20-15)22-24(19(23)27)12-11-21-17(25)13-6-8-14(9-7-13)18(26)28-2/h3-10H,11-12H2,1-2H3,(H,21,25). The van der Waals surface area contributed by atoms with Gasteiger partial charge < -0.3 is 10.1 Å². The number of benzene rings is 1. The van der Waals surface area contributed by atoms with Gasteiger partial charge in [-0.15, -0.1) is 5.10 Å². The van der Waals surface area contributed by atoms with E-state index in [1.165, 1.54) is 40.6 Å². The second kappa shape index (κ2) is 8.30. The number of nitrogens with one attached hydrogen (secondary N) is 1. The third-order valence-electron chi connectivity index (χ3n) is 4.11. The quantitative estimate of drug-likeness (QED) is 0.635. The molecule has 0 unspecified atom stereocenters. The lowest BCUT2D eigenvalue weighted by atomic mass is 10.1. The van der Waals surface area contributed by atoms with Crippen molar-refractivity contribution < 1.29 is 14.3 Å². The van der Waals surface area contributed by atoms with E-state index in [-0.39, 0.29) is 24.7 Å². The van der Waals surface area contributed by atoms with Gasteiger partial charge in [-0.3, -0.25) is 14.3 Å². The zero-order valence-electron chi connectivity index (χ0n) is 15.5. The van der Waals surface area contributed by atoms with Gasteiger partial charge in [-0.25, -0.2) is 14.3 Å². The summed E-state index contributed by atoms with van der Waals surface area (Å²) < 4.78 is 7.31. The molecule has 0 saturated heterocycles. The Bertz CT molecular complexity index is 1040. The average Bonchev–Trinajstić information content (AvgIpc) is 3.02. The Kier molecular flexibility index (Phi) is 5.64. The van der Waals surface area contributed by atoms with E-state index >= 15 is 0 Å². The van der Waals surface area contributed by atoms with Gasteiger partial charge in [0.25, 0.3) is 5.91 Å². The molecule has 3 rings (SSSR count).